The summed E-state index contributed by atoms with van der Waals surface area (Å²) >= 11 is 2.71. The lowest BCUT2D eigenvalue weighted by Gasteiger charge is -2.18. The highest BCUT2D eigenvalue weighted by molar-refractivity contribution is 8.13. The number of amidine groups is 1. The first-order chi connectivity index (χ1) is 17.9. The number of nitriles is 1. The minimum Gasteiger partial charge on any atom is -0.463 e. The summed E-state index contributed by atoms with van der Waals surface area (Å²) < 4.78 is 5.20. The van der Waals surface area contributed by atoms with Crippen LogP contribution in [-0.4, -0.2) is 34.7 Å². The van der Waals surface area contributed by atoms with Gasteiger partial charge in [-0.1, -0.05) is 42.1 Å². The van der Waals surface area contributed by atoms with Crippen LogP contribution in [0.1, 0.15) is 30.3 Å². The molecular formula is C26H25N5O4S2. The smallest absolute Gasteiger partial charge is 0.335 e. The number of thioether (sulfide) groups is 1. The van der Waals surface area contributed by atoms with Gasteiger partial charge in [-0.15, -0.1) is 11.3 Å². The summed E-state index contributed by atoms with van der Waals surface area (Å²) in [5, 5.41) is 27.1. The maximum Gasteiger partial charge on any atom is 0.335 e. The number of thiazole rings is 1. The lowest BCUT2D eigenvalue weighted by atomic mass is 10.0. The van der Waals surface area contributed by atoms with Crippen LogP contribution in [0.15, 0.2) is 76.2 Å². The fraction of sp³-hybridized carbons (Fsp3) is 0.231. The summed E-state index contributed by atoms with van der Waals surface area (Å²) in [5.74, 6) is -0.790. The average molecular weight is 536 g/mol. The third-order valence-electron chi connectivity index (χ3n) is 5.21. The van der Waals surface area contributed by atoms with Gasteiger partial charge in [0.25, 0.3) is 5.69 Å². The van der Waals surface area contributed by atoms with Gasteiger partial charge in [-0.05, 0) is 31.5 Å². The van der Waals surface area contributed by atoms with E-state index in [4.69, 9.17) is 4.74 Å². The Balaban J connectivity index is 1.92. The van der Waals surface area contributed by atoms with E-state index in [9.17, 15) is 20.2 Å². The van der Waals surface area contributed by atoms with Gasteiger partial charge in [-0.3, -0.25) is 15.1 Å². The lowest BCUT2D eigenvalue weighted by Crippen LogP contribution is -2.27. The number of nitrogens with one attached hydrogen (secondary N) is 1. The first-order valence-corrected chi connectivity index (χ1v) is 13.1. The molecule has 37 heavy (non-hydrogen) atoms. The number of non-ortho nitro benzene ring substituents is 1. The third-order valence-corrected chi connectivity index (χ3v) is 7.15. The van der Waals surface area contributed by atoms with Gasteiger partial charge < -0.3 is 10.1 Å². The normalized spacial score (nSPS) is 12.8. The summed E-state index contributed by atoms with van der Waals surface area (Å²) in [4.78, 5) is 32.1. The molecule has 0 aliphatic heterocycles. The number of carbonyl (C=O) groups excluding carboxylic acids is 1. The molecule has 2 aromatic carbocycles. The number of allylic oxidation sites excluding steroid dienone is 1. The number of nitro groups is 1. The lowest BCUT2D eigenvalue weighted by molar-refractivity contribution is -0.384. The number of aliphatic imine (C=N–C) groups is 1. The summed E-state index contributed by atoms with van der Waals surface area (Å²) in [5.41, 5.74) is 2.93. The van der Waals surface area contributed by atoms with Crippen molar-refractivity contribution in [3.8, 4) is 17.3 Å². The molecule has 0 saturated heterocycles. The predicted molar refractivity (Wildman–Crippen MR) is 146 cm³/mol. The highest BCUT2D eigenvalue weighted by Crippen LogP contribution is 2.32. The highest BCUT2D eigenvalue weighted by atomic mass is 32.2. The molecule has 0 bridgehead atoms. The second kappa shape index (κ2) is 13.3. The first-order valence-electron chi connectivity index (χ1n) is 11.3. The van der Waals surface area contributed by atoms with Crippen LogP contribution in [0, 0.1) is 21.4 Å². The fourth-order valence-corrected chi connectivity index (χ4v) is 4.97. The molecule has 1 aromatic heterocycles. The van der Waals surface area contributed by atoms with Crippen LogP contribution >= 0.6 is 23.1 Å². The van der Waals surface area contributed by atoms with Crippen molar-refractivity contribution in [3.05, 3.63) is 91.9 Å². The zero-order valence-electron chi connectivity index (χ0n) is 20.5. The molecular weight excluding hydrogens is 510 g/mol. The Morgan fingerprint density at radius 2 is 1.97 bits per heavy atom. The van der Waals surface area contributed by atoms with Crippen molar-refractivity contribution in [2.24, 2.45) is 4.99 Å². The van der Waals surface area contributed by atoms with Crippen molar-refractivity contribution in [2.45, 2.75) is 25.5 Å². The highest BCUT2D eigenvalue weighted by Gasteiger charge is 2.27. The van der Waals surface area contributed by atoms with Gasteiger partial charge in [0.2, 0.25) is 0 Å². The number of esters is 1. The standard InChI is InChI=1S/C26H25N5O4S2/c1-4-35-25(32)17(2)23(30-26(28-3)37-15-18-8-6-5-7-9-18)21(14-27)24-29-22(16-36-24)19-10-12-20(13-11-19)31(33)34/h5-13,16,21H,4,15H2,1-3H3,(H,28,30)/b23-17+. The summed E-state index contributed by atoms with van der Waals surface area (Å²) in [6.45, 7) is 3.51. The Kier molecular flexibility index (Phi) is 9.94. The van der Waals surface area contributed by atoms with E-state index in [2.05, 4.69) is 21.4 Å². The minimum absolute atomic E-state index is 0.0204. The molecule has 0 amide bonds. The number of hydrogen-bond donors (Lipinski definition) is 1. The summed E-state index contributed by atoms with van der Waals surface area (Å²) in [6.07, 6.45) is 0. The van der Waals surface area contributed by atoms with E-state index >= 15 is 0 Å². The monoisotopic (exact) mass is 535 g/mol. The molecule has 0 radical (unpaired) electrons. The Morgan fingerprint density at radius 3 is 2.57 bits per heavy atom. The molecule has 0 fully saturated rings. The van der Waals surface area contributed by atoms with Crippen molar-refractivity contribution >= 4 is 39.9 Å². The molecule has 1 unspecified atom stereocenters. The van der Waals surface area contributed by atoms with Crippen LogP contribution in [0.3, 0.4) is 0 Å². The summed E-state index contributed by atoms with van der Waals surface area (Å²) in [6, 6.07) is 18.2. The Morgan fingerprint density at radius 1 is 1.27 bits per heavy atom. The predicted octanol–water partition coefficient (Wildman–Crippen LogP) is 5.67. The van der Waals surface area contributed by atoms with Gasteiger partial charge in [-0.2, -0.15) is 5.26 Å². The van der Waals surface area contributed by atoms with Gasteiger partial charge in [0.15, 0.2) is 5.17 Å². The minimum atomic E-state index is -0.893. The molecule has 0 aliphatic rings. The number of ether oxygens (including phenoxy) is 1. The number of aromatic nitrogens is 1. The molecule has 190 valence electrons. The maximum atomic E-state index is 12.7. The van der Waals surface area contributed by atoms with Crippen molar-refractivity contribution in [1.29, 1.82) is 5.26 Å². The molecule has 3 rings (SSSR count). The van der Waals surface area contributed by atoms with Gasteiger partial charge in [0, 0.05) is 35.9 Å². The van der Waals surface area contributed by atoms with Crippen LogP contribution in [0.2, 0.25) is 0 Å². The van der Waals surface area contributed by atoms with Crippen molar-refractivity contribution in [1.82, 2.24) is 10.3 Å². The van der Waals surface area contributed by atoms with E-state index < -0.39 is 16.8 Å². The SMILES string of the molecule is CCOC(=O)/C(C)=C(/NC(=NC)SCc1ccccc1)C(C#N)c1nc(-c2ccc([N+](=O)[O-])cc2)cs1. The maximum absolute atomic E-state index is 12.7. The number of nitro benzene ring substituents is 1. The molecule has 3 aromatic rings. The van der Waals surface area contributed by atoms with Crippen LogP contribution in [-0.2, 0) is 15.3 Å². The second-order valence-electron chi connectivity index (χ2n) is 7.62. The number of hydrogen-bond acceptors (Lipinski definition) is 9. The third kappa shape index (κ3) is 7.25. The Hall–Kier alpha value is -4.01. The van der Waals surface area contributed by atoms with Crippen molar-refractivity contribution in [2.75, 3.05) is 13.7 Å². The molecule has 1 heterocycles. The number of rotatable bonds is 9. The molecule has 0 saturated carbocycles. The van der Waals surface area contributed by atoms with Crippen molar-refractivity contribution in [3.63, 3.8) is 0 Å². The Bertz CT molecular complexity index is 1350. The zero-order valence-corrected chi connectivity index (χ0v) is 22.1. The molecule has 11 heteroatoms. The van der Waals surface area contributed by atoms with Gasteiger partial charge in [0.1, 0.15) is 10.9 Å². The van der Waals surface area contributed by atoms with E-state index in [0.29, 0.717) is 32.9 Å². The molecule has 0 aliphatic carbocycles. The summed E-state index contributed by atoms with van der Waals surface area (Å²) in [7, 11) is 1.63. The van der Waals surface area contributed by atoms with E-state index in [1.54, 1.807) is 38.4 Å². The van der Waals surface area contributed by atoms with Gasteiger partial charge in [-0.25, -0.2) is 9.78 Å². The molecule has 1 N–H and O–H groups in total. The van der Waals surface area contributed by atoms with Crippen LogP contribution in [0.5, 0.6) is 0 Å². The van der Waals surface area contributed by atoms with E-state index in [0.717, 1.165) is 5.56 Å². The van der Waals surface area contributed by atoms with Crippen molar-refractivity contribution < 1.29 is 14.5 Å². The van der Waals surface area contributed by atoms with Gasteiger partial charge >= 0.3 is 5.97 Å². The van der Waals surface area contributed by atoms with Crippen LogP contribution in [0.25, 0.3) is 11.3 Å². The fourth-order valence-electron chi connectivity index (χ4n) is 3.28. The quantitative estimate of drug-likeness (QED) is 0.0926. The van der Waals surface area contributed by atoms with E-state index in [-0.39, 0.29) is 17.9 Å². The largest absolute Gasteiger partial charge is 0.463 e. The zero-order chi connectivity index (χ0) is 26.8. The van der Waals surface area contributed by atoms with Crippen LogP contribution < -0.4 is 5.32 Å². The first kappa shape index (κ1) is 27.6. The number of benzene rings is 2. The Labute approximate surface area is 223 Å². The second-order valence-corrected chi connectivity index (χ2v) is 9.48. The topological polar surface area (TPSA) is 131 Å². The average Bonchev–Trinajstić information content (AvgIpc) is 3.40. The molecule has 1 atom stereocenters. The van der Waals surface area contributed by atoms with Crippen LogP contribution in [0.4, 0.5) is 5.69 Å². The number of carbonyl (C=O) groups is 1. The van der Waals surface area contributed by atoms with E-state index in [1.807, 2.05) is 30.3 Å². The molecule has 0 spiro atoms. The van der Waals surface area contributed by atoms with E-state index in [1.165, 1.54) is 35.2 Å². The number of nitrogens with zero attached hydrogens (tertiary/aromatic N) is 4. The van der Waals surface area contributed by atoms with Gasteiger partial charge in [0.05, 0.1) is 34.6 Å². The molecule has 9 nitrogen and oxygen atoms in total.